The predicted molar refractivity (Wildman–Crippen MR) is 64.3 cm³/mol. The molecule has 0 fully saturated rings. The highest BCUT2D eigenvalue weighted by Gasteiger charge is 2.17. The van der Waals surface area contributed by atoms with Crippen LogP contribution in [-0.4, -0.2) is 5.11 Å². The summed E-state index contributed by atoms with van der Waals surface area (Å²) in [7, 11) is 0. The van der Waals surface area contributed by atoms with Crippen molar-refractivity contribution in [1.82, 2.24) is 0 Å². The molecule has 0 aliphatic rings. The van der Waals surface area contributed by atoms with Gasteiger partial charge in [-0.05, 0) is 48.0 Å². The highest BCUT2D eigenvalue weighted by molar-refractivity contribution is 9.10. The van der Waals surface area contributed by atoms with Crippen LogP contribution < -0.4 is 0 Å². The minimum Gasteiger partial charge on any atom is -0.463 e. The van der Waals surface area contributed by atoms with Crippen LogP contribution in [0.1, 0.15) is 27.4 Å². The van der Waals surface area contributed by atoms with Gasteiger partial charge in [-0.15, -0.1) is 11.3 Å². The number of hydrogen-bond donors (Lipinski definition) is 1. The number of rotatable bonds is 2. The summed E-state index contributed by atoms with van der Waals surface area (Å²) < 4.78 is 6.42. The molecule has 2 aromatic heterocycles. The van der Waals surface area contributed by atoms with Crippen LogP contribution in [0.3, 0.4) is 0 Å². The third kappa shape index (κ3) is 2.17. The van der Waals surface area contributed by atoms with Gasteiger partial charge in [0, 0.05) is 14.2 Å². The molecule has 1 unspecified atom stereocenters. The summed E-state index contributed by atoms with van der Waals surface area (Å²) in [6, 6.07) is 5.60. The molecule has 2 heterocycles. The van der Waals surface area contributed by atoms with Crippen molar-refractivity contribution in [2.45, 2.75) is 20.0 Å². The van der Waals surface area contributed by atoms with Crippen LogP contribution in [-0.2, 0) is 0 Å². The Morgan fingerprint density at radius 1 is 1.40 bits per heavy atom. The molecule has 0 saturated heterocycles. The molecule has 15 heavy (non-hydrogen) atoms. The SMILES string of the molecule is Cc1ccc(C(O)c2cc(Br)c(C)s2)o1. The van der Waals surface area contributed by atoms with Crippen LogP contribution in [0, 0.1) is 13.8 Å². The van der Waals surface area contributed by atoms with Crippen molar-refractivity contribution in [1.29, 1.82) is 0 Å². The van der Waals surface area contributed by atoms with Crippen LogP contribution in [0.15, 0.2) is 27.1 Å². The summed E-state index contributed by atoms with van der Waals surface area (Å²) >= 11 is 5.00. The van der Waals surface area contributed by atoms with Crippen molar-refractivity contribution in [3.05, 3.63) is 43.9 Å². The van der Waals surface area contributed by atoms with Gasteiger partial charge < -0.3 is 9.52 Å². The second kappa shape index (κ2) is 4.12. The maximum absolute atomic E-state index is 10.0. The lowest BCUT2D eigenvalue weighted by Crippen LogP contribution is -1.94. The Labute approximate surface area is 101 Å². The van der Waals surface area contributed by atoms with Gasteiger partial charge in [-0.1, -0.05) is 0 Å². The Bertz CT molecular complexity index is 453. The summed E-state index contributed by atoms with van der Waals surface area (Å²) in [5.74, 6) is 1.41. The predicted octanol–water partition coefficient (Wildman–Crippen LogP) is 3.80. The third-order valence-corrected chi connectivity index (χ3v) is 4.37. The van der Waals surface area contributed by atoms with Gasteiger partial charge in [0.05, 0.1) is 0 Å². The number of halogens is 1. The first-order chi connectivity index (χ1) is 7.08. The Kier molecular flexibility index (Phi) is 3.00. The molecule has 1 N–H and O–H groups in total. The van der Waals surface area contributed by atoms with Gasteiger partial charge in [0.15, 0.2) is 0 Å². The van der Waals surface area contributed by atoms with E-state index in [1.165, 1.54) is 0 Å². The maximum Gasteiger partial charge on any atom is 0.146 e. The van der Waals surface area contributed by atoms with E-state index >= 15 is 0 Å². The van der Waals surface area contributed by atoms with E-state index in [0.29, 0.717) is 5.76 Å². The lowest BCUT2D eigenvalue weighted by Gasteiger charge is -2.03. The molecular formula is C11H11BrO2S. The van der Waals surface area contributed by atoms with Crippen molar-refractivity contribution in [3.63, 3.8) is 0 Å². The second-order valence-corrected chi connectivity index (χ2v) is 5.55. The second-order valence-electron chi connectivity index (χ2n) is 3.40. The van der Waals surface area contributed by atoms with Gasteiger partial charge in [-0.2, -0.15) is 0 Å². The molecule has 2 aromatic rings. The summed E-state index contributed by atoms with van der Waals surface area (Å²) in [6.07, 6.45) is -0.659. The summed E-state index contributed by atoms with van der Waals surface area (Å²) in [5, 5.41) is 10.0. The Morgan fingerprint density at radius 2 is 2.13 bits per heavy atom. The fraction of sp³-hybridized carbons (Fsp3) is 0.273. The molecule has 2 rings (SSSR count). The molecule has 0 aliphatic heterocycles. The zero-order valence-electron chi connectivity index (χ0n) is 8.45. The van der Waals surface area contributed by atoms with Crippen molar-refractivity contribution >= 4 is 27.3 Å². The van der Waals surface area contributed by atoms with Gasteiger partial charge >= 0.3 is 0 Å². The van der Waals surface area contributed by atoms with E-state index in [9.17, 15) is 5.11 Å². The molecule has 0 aromatic carbocycles. The van der Waals surface area contributed by atoms with Crippen molar-refractivity contribution < 1.29 is 9.52 Å². The fourth-order valence-electron chi connectivity index (χ4n) is 1.36. The van der Waals surface area contributed by atoms with Crippen LogP contribution in [0.2, 0.25) is 0 Å². The van der Waals surface area contributed by atoms with Gasteiger partial charge in [0.1, 0.15) is 17.6 Å². The minimum absolute atomic E-state index is 0.598. The van der Waals surface area contributed by atoms with Crippen molar-refractivity contribution in [2.75, 3.05) is 0 Å². The molecule has 0 spiro atoms. The van der Waals surface area contributed by atoms with E-state index < -0.39 is 6.10 Å². The maximum atomic E-state index is 10.0. The average molecular weight is 287 g/mol. The molecule has 0 saturated carbocycles. The largest absolute Gasteiger partial charge is 0.463 e. The Balaban J connectivity index is 2.31. The third-order valence-electron chi connectivity index (χ3n) is 2.18. The van der Waals surface area contributed by atoms with Crippen LogP contribution in [0.5, 0.6) is 0 Å². The van der Waals surface area contributed by atoms with Crippen molar-refractivity contribution in [3.8, 4) is 0 Å². The quantitative estimate of drug-likeness (QED) is 0.911. The summed E-state index contributed by atoms with van der Waals surface area (Å²) in [6.45, 7) is 3.88. The van der Waals surface area contributed by atoms with Gasteiger partial charge in [-0.3, -0.25) is 0 Å². The van der Waals surface area contributed by atoms with E-state index in [0.717, 1.165) is 20.0 Å². The van der Waals surface area contributed by atoms with Gasteiger partial charge in [-0.25, -0.2) is 0 Å². The molecule has 0 aliphatic carbocycles. The number of furan rings is 1. The highest BCUT2D eigenvalue weighted by atomic mass is 79.9. The molecule has 4 heteroatoms. The van der Waals surface area contributed by atoms with Crippen LogP contribution in [0.25, 0.3) is 0 Å². The highest BCUT2D eigenvalue weighted by Crippen LogP contribution is 2.34. The molecule has 2 nitrogen and oxygen atoms in total. The zero-order chi connectivity index (χ0) is 11.0. The number of aliphatic hydroxyl groups is 1. The number of aryl methyl sites for hydroxylation is 2. The number of hydrogen-bond acceptors (Lipinski definition) is 3. The summed E-state index contributed by atoms with van der Waals surface area (Å²) in [5.41, 5.74) is 0. The molecule has 1 atom stereocenters. The zero-order valence-corrected chi connectivity index (χ0v) is 10.9. The molecule has 0 radical (unpaired) electrons. The monoisotopic (exact) mass is 286 g/mol. The van der Waals surface area contributed by atoms with Crippen molar-refractivity contribution in [2.24, 2.45) is 0 Å². The van der Waals surface area contributed by atoms with Gasteiger partial charge in [0.25, 0.3) is 0 Å². The Morgan fingerprint density at radius 3 is 2.60 bits per heavy atom. The number of thiophene rings is 1. The van der Waals surface area contributed by atoms with E-state index in [2.05, 4.69) is 15.9 Å². The lowest BCUT2D eigenvalue weighted by atomic mass is 10.2. The van der Waals surface area contributed by atoms with Gasteiger partial charge in [0.2, 0.25) is 0 Å². The normalized spacial score (nSPS) is 13.1. The van der Waals surface area contributed by atoms with E-state index in [-0.39, 0.29) is 0 Å². The fourth-order valence-corrected chi connectivity index (χ4v) is 2.91. The smallest absolute Gasteiger partial charge is 0.146 e. The van der Waals surface area contributed by atoms with E-state index in [1.807, 2.05) is 32.0 Å². The van der Waals surface area contributed by atoms with Crippen LogP contribution >= 0.6 is 27.3 Å². The first-order valence-electron chi connectivity index (χ1n) is 4.58. The van der Waals surface area contributed by atoms with Crippen LogP contribution in [0.4, 0.5) is 0 Å². The standard InChI is InChI=1S/C11H11BrO2S/c1-6-3-4-9(14-6)11(13)10-5-8(12)7(2)15-10/h3-5,11,13H,1-2H3. The minimum atomic E-state index is -0.659. The number of aliphatic hydroxyl groups excluding tert-OH is 1. The molecular weight excluding hydrogens is 276 g/mol. The van der Waals surface area contributed by atoms with E-state index in [1.54, 1.807) is 11.3 Å². The first kappa shape index (κ1) is 10.9. The molecule has 80 valence electrons. The molecule has 0 amide bonds. The topological polar surface area (TPSA) is 33.4 Å². The first-order valence-corrected chi connectivity index (χ1v) is 6.19. The van der Waals surface area contributed by atoms with E-state index in [4.69, 9.17) is 4.42 Å². The Hall–Kier alpha value is -0.580. The summed E-state index contributed by atoms with van der Waals surface area (Å²) in [4.78, 5) is 2.06. The lowest BCUT2D eigenvalue weighted by molar-refractivity contribution is 0.191. The molecule has 0 bridgehead atoms. The average Bonchev–Trinajstić information content (AvgIpc) is 2.74.